The van der Waals surface area contributed by atoms with Crippen molar-refractivity contribution in [3.8, 4) is 0 Å². The van der Waals surface area contributed by atoms with E-state index >= 15 is 0 Å². The van der Waals surface area contributed by atoms with Crippen LogP contribution in [-0.2, 0) is 19.6 Å². The van der Waals surface area contributed by atoms with Crippen molar-refractivity contribution in [2.24, 2.45) is 0 Å². The molecule has 0 saturated carbocycles. The van der Waals surface area contributed by atoms with E-state index in [1.54, 1.807) is 28.6 Å². The molecule has 144 valence electrons. The number of rotatable bonds is 6. The lowest BCUT2D eigenvalue weighted by atomic mass is 10.1. The fourth-order valence-electron chi connectivity index (χ4n) is 3.55. The van der Waals surface area contributed by atoms with Gasteiger partial charge in [0.15, 0.2) is 0 Å². The molecule has 1 aromatic rings. The molecule has 0 bridgehead atoms. The summed E-state index contributed by atoms with van der Waals surface area (Å²) in [4.78, 5) is 12.4. The molecule has 0 aliphatic carbocycles. The first kappa shape index (κ1) is 19.3. The molecule has 0 spiro atoms. The molecule has 2 fully saturated rings. The van der Waals surface area contributed by atoms with Gasteiger partial charge in [0.05, 0.1) is 11.0 Å². The fourth-order valence-corrected chi connectivity index (χ4v) is 5.12. The molecular formula is C19H28N2O4S. The number of nitrogens with zero attached hydrogens (tertiary/aromatic N) is 1. The monoisotopic (exact) mass is 380 g/mol. The second kappa shape index (κ2) is 8.97. The maximum absolute atomic E-state index is 12.9. The molecule has 1 amide bonds. The van der Waals surface area contributed by atoms with Crippen LogP contribution in [0.1, 0.15) is 51.4 Å². The molecule has 3 rings (SSSR count). The minimum atomic E-state index is -3.51. The van der Waals surface area contributed by atoms with Crippen molar-refractivity contribution in [3.05, 3.63) is 24.3 Å². The summed E-state index contributed by atoms with van der Waals surface area (Å²) in [6.45, 7) is 1.92. The molecule has 2 heterocycles. The molecule has 1 unspecified atom stereocenters. The van der Waals surface area contributed by atoms with Gasteiger partial charge in [0, 0.05) is 31.8 Å². The highest BCUT2D eigenvalue weighted by atomic mass is 32.2. The second-order valence-electron chi connectivity index (χ2n) is 7.07. The number of hydrogen-bond donors (Lipinski definition) is 1. The summed E-state index contributed by atoms with van der Waals surface area (Å²) >= 11 is 0. The molecule has 2 saturated heterocycles. The third-order valence-corrected chi connectivity index (χ3v) is 6.93. The third kappa shape index (κ3) is 5.05. The first-order chi connectivity index (χ1) is 12.6. The SMILES string of the molecule is O=C(CCC1CCCO1)Nc1cccc(S(=O)(=O)N2CCCCCC2)c1. The van der Waals surface area contributed by atoms with Gasteiger partial charge in [-0.25, -0.2) is 8.42 Å². The van der Waals surface area contributed by atoms with Crippen LogP contribution in [0, 0.1) is 0 Å². The molecule has 0 radical (unpaired) electrons. The number of carbonyl (C=O) groups excluding carboxylic acids is 1. The van der Waals surface area contributed by atoms with Gasteiger partial charge in [0.25, 0.3) is 0 Å². The maximum Gasteiger partial charge on any atom is 0.243 e. The summed E-state index contributed by atoms with van der Waals surface area (Å²) in [5, 5.41) is 2.82. The van der Waals surface area contributed by atoms with Crippen molar-refractivity contribution in [2.45, 2.75) is 62.4 Å². The van der Waals surface area contributed by atoms with E-state index in [4.69, 9.17) is 4.74 Å². The van der Waals surface area contributed by atoms with E-state index in [-0.39, 0.29) is 16.9 Å². The van der Waals surface area contributed by atoms with Crippen molar-refractivity contribution in [2.75, 3.05) is 25.0 Å². The Morgan fingerprint density at radius 1 is 1.15 bits per heavy atom. The van der Waals surface area contributed by atoms with Crippen LogP contribution in [-0.4, -0.2) is 44.4 Å². The summed E-state index contributed by atoms with van der Waals surface area (Å²) in [5.74, 6) is -0.107. The Labute approximate surface area is 156 Å². The van der Waals surface area contributed by atoms with E-state index in [1.165, 1.54) is 0 Å². The first-order valence-corrected chi connectivity index (χ1v) is 11.0. The van der Waals surface area contributed by atoms with Crippen LogP contribution < -0.4 is 5.32 Å². The number of anilines is 1. The Hall–Kier alpha value is -1.44. The normalized spacial score (nSPS) is 22.1. The van der Waals surface area contributed by atoms with E-state index in [2.05, 4.69) is 5.32 Å². The smallest absolute Gasteiger partial charge is 0.243 e. The number of ether oxygens (including phenoxy) is 1. The van der Waals surface area contributed by atoms with Crippen molar-refractivity contribution in [1.29, 1.82) is 0 Å². The minimum Gasteiger partial charge on any atom is -0.378 e. The molecule has 6 nitrogen and oxygen atoms in total. The molecule has 1 N–H and O–H groups in total. The highest BCUT2D eigenvalue weighted by molar-refractivity contribution is 7.89. The summed E-state index contributed by atoms with van der Waals surface area (Å²) in [7, 11) is -3.51. The van der Waals surface area contributed by atoms with Crippen LogP contribution >= 0.6 is 0 Å². The molecule has 2 aliphatic heterocycles. The summed E-state index contributed by atoms with van der Waals surface area (Å²) < 4.78 is 32.8. The highest BCUT2D eigenvalue weighted by Gasteiger charge is 2.25. The number of sulfonamides is 1. The van der Waals surface area contributed by atoms with E-state index < -0.39 is 10.0 Å². The van der Waals surface area contributed by atoms with Gasteiger partial charge in [-0.3, -0.25) is 4.79 Å². The lowest BCUT2D eigenvalue weighted by Crippen LogP contribution is -2.32. The zero-order valence-electron chi connectivity index (χ0n) is 15.2. The van der Waals surface area contributed by atoms with Gasteiger partial charge in [-0.1, -0.05) is 18.9 Å². The summed E-state index contributed by atoms with van der Waals surface area (Å²) in [5.41, 5.74) is 0.526. The molecule has 0 aromatic heterocycles. The van der Waals surface area contributed by atoms with Gasteiger partial charge >= 0.3 is 0 Å². The molecule has 26 heavy (non-hydrogen) atoms. The summed E-state index contributed by atoms with van der Waals surface area (Å²) in [6, 6.07) is 6.57. The average Bonchev–Trinajstić information content (AvgIpc) is 2.99. The van der Waals surface area contributed by atoms with Crippen molar-refractivity contribution < 1.29 is 17.9 Å². The number of nitrogens with one attached hydrogen (secondary N) is 1. The number of amides is 1. The zero-order chi connectivity index (χ0) is 18.4. The molecular weight excluding hydrogens is 352 g/mol. The van der Waals surface area contributed by atoms with Crippen LogP contribution in [0.3, 0.4) is 0 Å². The van der Waals surface area contributed by atoms with Crippen LogP contribution in [0.15, 0.2) is 29.2 Å². The van der Waals surface area contributed by atoms with Gasteiger partial charge in [0.1, 0.15) is 0 Å². The molecule has 7 heteroatoms. The van der Waals surface area contributed by atoms with E-state index in [1.807, 2.05) is 0 Å². The molecule has 1 aromatic carbocycles. The summed E-state index contributed by atoms with van der Waals surface area (Å²) in [6.07, 6.45) is 7.29. The topological polar surface area (TPSA) is 75.7 Å². The standard InChI is InChI=1S/C19H28N2O4S/c22-19(11-10-17-8-6-14-25-17)20-16-7-5-9-18(15-16)26(23,24)21-12-3-1-2-4-13-21/h5,7,9,15,17H,1-4,6,8,10-14H2,(H,20,22). The molecule has 2 aliphatic rings. The number of hydrogen-bond acceptors (Lipinski definition) is 4. The van der Waals surface area contributed by atoms with E-state index in [0.29, 0.717) is 31.6 Å². The Balaban J connectivity index is 1.62. The Morgan fingerprint density at radius 2 is 1.92 bits per heavy atom. The van der Waals surface area contributed by atoms with Crippen LogP contribution in [0.25, 0.3) is 0 Å². The van der Waals surface area contributed by atoms with E-state index in [0.717, 1.165) is 45.1 Å². The second-order valence-corrected chi connectivity index (χ2v) is 9.01. The Morgan fingerprint density at radius 3 is 2.62 bits per heavy atom. The molecule has 1 atom stereocenters. The lowest BCUT2D eigenvalue weighted by Gasteiger charge is -2.20. The Bertz CT molecular complexity index is 706. The first-order valence-electron chi connectivity index (χ1n) is 9.57. The van der Waals surface area contributed by atoms with Crippen molar-refractivity contribution in [3.63, 3.8) is 0 Å². The number of benzene rings is 1. The zero-order valence-corrected chi connectivity index (χ0v) is 16.0. The van der Waals surface area contributed by atoms with E-state index in [9.17, 15) is 13.2 Å². The average molecular weight is 381 g/mol. The highest BCUT2D eigenvalue weighted by Crippen LogP contribution is 2.23. The largest absolute Gasteiger partial charge is 0.378 e. The lowest BCUT2D eigenvalue weighted by molar-refractivity contribution is -0.116. The number of carbonyl (C=O) groups is 1. The van der Waals surface area contributed by atoms with Gasteiger partial charge in [-0.15, -0.1) is 0 Å². The van der Waals surface area contributed by atoms with Crippen molar-refractivity contribution in [1.82, 2.24) is 4.31 Å². The van der Waals surface area contributed by atoms with Gasteiger partial charge in [-0.05, 0) is 50.3 Å². The quantitative estimate of drug-likeness (QED) is 0.823. The van der Waals surface area contributed by atoms with Gasteiger partial charge in [-0.2, -0.15) is 4.31 Å². The maximum atomic E-state index is 12.9. The predicted molar refractivity (Wildman–Crippen MR) is 101 cm³/mol. The third-order valence-electron chi connectivity index (χ3n) is 5.04. The van der Waals surface area contributed by atoms with Crippen molar-refractivity contribution >= 4 is 21.6 Å². The van der Waals surface area contributed by atoms with Crippen LogP contribution in [0.2, 0.25) is 0 Å². The van der Waals surface area contributed by atoms with Crippen LogP contribution in [0.4, 0.5) is 5.69 Å². The van der Waals surface area contributed by atoms with Crippen LogP contribution in [0.5, 0.6) is 0 Å². The Kier molecular flexibility index (Phi) is 6.67. The fraction of sp³-hybridized carbons (Fsp3) is 0.632. The minimum absolute atomic E-state index is 0.107. The van der Waals surface area contributed by atoms with Gasteiger partial charge < -0.3 is 10.1 Å². The van der Waals surface area contributed by atoms with Gasteiger partial charge in [0.2, 0.25) is 15.9 Å². The predicted octanol–water partition coefficient (Wildman–Crippen LogP) is 3.15.